The van der Waals surface area contributed by atoms with Crippen molar-refractivity contribution in [2.24, 2.45) is 5.92 Å². The third-order valence-electron chi connectivity index (χ3n) is 3.25. The van der Waals surface area contributed by atoms with Gasteiger partial charge >= 0.3 is 5.97 Å². The molecule has 22 heavy (non-hydrogen) atoms. The van der Waals surface area contributed by atoms with Crippen molar-refractivity contribution in [1.29, 1.82) is 0 Å². The van der Waals surface area contributed by atoms with Gasteiger partial charge in [-0.25, -0.2) is 0 Å². The summed E-state index contributed by atoms with van der Waals surface area (Å²) in [6, 6.07) is 6.59. The monoisotopic (exact) mass is 307 g/mol. The molecule has 0 aliphatic carbocycles. The summed E-state index contributed by atoms with van der Waals surface area (Å²) in [6.07, 6.45) is -0.770. The first-order chi connectivity index (χ1) is 10.2. The summed E-state index contributed by atoms with van der Waals surface area (Å²) >= 11 is 0. The van der Waals surface area contributed by atoms with Gasteiger partial charge < -0.3 is 14.7 Å². The largest absolute Gasteiger partial charge is 0.481 e. The number of ether oxygens (including phenoxy) is 1. The van der Waals surface area contributed by atoms with Crippen LogP contribution in [-0.4, -0.2) is 47.4 Å². The van der Waals surface area contributed by atoms with Gasteiger partial charge in [-0.2, -0.15) is 0 Å². The number of carbonyl (C=O) groups excluding carboxylic acids is 2. The minimum absolute atomic E-state index is 0.0863. The highest BCUT2D eigenvalue weighted by atomic mass is 16.5. The molecule has 1 aromatic rings. The van der Waals surface area contributed by atoms with Crippen molar-refractivity contribution in [3.63, 3.8) is 0 Å². The summed E-state index contributed by atoms with van der Waals surface area (Å²) in [5.41, 5.74) is 0.505. The van der Waals surface area contributed by atoms with Crippen molar-refractivity contribution in [3.05, 3.63) is 29.8 Å². The standard InChI is InChI=1S/C16H21NO5/c1-10(16(20)21)9-17(4)15(19)12(3)22-14-7-5-6-13(8-14)11(2)18/h5-8,10,12H,9H2,1-4H3,(H,20,21). The van der Waals surface area contributed by atoms with Gasteiger partial charge in [0.1, 0.15) is 5.75 Å². The zero-order valence-corrected chi connectivity index (χ0v) is 13.2. The molecule has 6 heteroatoms. The number of carboxylic acids is 1. The van der Waals surface area contributed by atoms with Gasteiger partial charge in [0.15, 0.2) is 11.9 Å². The Bertz CT molecular complexity index is 569. The number of carboxylic acid groups (broad SMARTS) is 1. The van der Waals surface area contributed by atoms with E-state index in [1.54, 1.807) is 31.2 Å². The van der Waals surface area contributed by atoms with Crippen LogP contribution in [0.2, 0.25) is 0 Å². The van der Waals surface area contributed by atoms with Crippen LogP contribution < -0.4 is 4.74 Å². The number of likely N-dealkylation sites (N-methyl/N-ethyl adjacent to an activating group) is 1. The molecule has 0 saturated heterocycles. The van der Waals surface area contributed by atoms with E-state index in [9.17, 15) is 14.4 Å². The number of amides is 1. The quantitative estimate of drug-likeness (QED) is 0.777. The highest BCUT2D eigenvalue weighted by molar-refractivity contribution is 5.94. The SMILES string of the molecule is CC(=O)c1cccc(OC(C)C(=O)N(C)CC(C)C(=O)O)c1. The van der Waals surface area contributed by atoms with E-state index >= 15 is 0 Å². The maximum Gasteiger partial charge on any atom is 0.308 e. The molecular formula is C16H21NO5. The van der Waals surface area contributed by atoms with Crippen molar-refractivity contribution in [3.8, 4) is 5.75 Å². The molecule has 1 aromatic carbocycles. The fraction of sp³-hybridized carbons (Fsp3) is 0.438. The highest BCUT2D eigenvalue weighted by Crippen LogP contribution is 2.16. The van der Waals surface area contributed by atoms with Crippen LogP contribution in [0.4, 0.5) is 0 Å². The molecule has 0 saturated carbocycles. The molecule has 0 heterocycles. The molecule has 0 radical (unpaired) electrons. The second-order valence-corrected chi connectivity index (χ2v) is 5.30. The van der Waals surface area contributed by atoms with Crippen LogP contribution in [0.3, 0.4) is 0 Å². The summed E-state index contributed by atoms with van der Waals surface area (Å²) in [5, 5.41) is 8.87. The fourth-order valence-corrected chi connectivity index (χ4v) is 1.93. The lowest BCUT2D eigenvalue weighted by Gasteiger charge is -2.23. The molecule has 1 amide bonds. The predicted octanol–water partition coefficient (Wildman–Crippen LogP) is 1.84. The van der Waals surface area contributed by atoms with Crippen molar-refractivity contribution in [1.82, 2.24) is 4.90 Å². The van der Waals surface area contributed by atoms with Crippen molar-refractivity contribution >= 4 is 17.7 Å². The molecular weight excluding hydrogens is 286 g/mol. The topological polar surface area (TPSA) is 83.9 Å². The number of carbonyl (C=O) groups is 3. The van der Waals surface area contributed by atoms with Crippen LogP contribution in [0.5, 0.6) is 5.75 Å². The van der Waals surface area contributed by atoms with Gasteiger partial charge in [0.25, 0.3) is 5.91 Å². The van der Waals surface area contributed by atoms with Gasteiger partial charge in [0.05, 0.1) is 5.92 Å². The average molecular weight is 307 g/mol. The molecule has 2 unspecified atom stereocenters. The number of nitrogens with zero attached hydrogens (tertiary/aromatic N) is 1. The van der Waals surface area contributed by atoms with Crippen molar-refractivity contribution < 1.29 is 24.2 Å². The van der Waals surface area contributed by atoms with E-state index in [0.717, 1.165) is 0 Å². The highest BCUT2D eigenvalue weighted by Gasteiger charge is 2.23. The Hall–Kier alpha value is -2.37. The molecule has 0 aliphatic heterocycles. The Morgan fingerprint density at radius 3 is 2.45 bits per heavy atom. The number of ketones is 1. The van der Waals surface area contributed by atoms with Gasteiger partial charge in [-0.15, -0.1) is 0 Å². The molecule has 1 N–H and O–H groups in total. The molecule has 0 aliphatic rings. The number of Topliss-reactive ketones (excluding diaryl/α,β-unsaturated/α-hetero) is 1. The lowest BCUT2D eigenvalue weighted by molar-refractivity contribution is -0.144. The molecule has 0 fully saturated rings. The summed E-state index contributed by atoms with van der Waals surface area (Å²) in [6.45, 7) is 4.68. The molecule has 120 valence electrons. The molecule has 0 aromatic heterocycles. The lowest BCUT2D eigenvalue weighted by atomic mass is 10.1. The number of benzene rings is 1. The van der Waals surface area contributed by atoms with E-state index in [2.05, 4.69) is 0 Å². The Morgan fingerprint density at radius 1 is 1.27 bits per heavy atom. The first kappa shape index (κ1) is 17.7. The summed E-state index contributed by atoms with van der Waals surface area (Å²) in [4.78, 5) is 35.6. The van der Waals surface area contributed by atoms with Crippen LogP contribution >= 0.6 is 0 Å². The second kappa shape index (κ2) is 7.59. The maximum absolute atomic E-state index is 12.2. The van der Waals surface area contributed by atoms with Gasteiger partial charge in [0.2, 0.25) is 0 Å². The second-order valence-electron chi connectivity index (χ2n) is 5.30. The first-order valence-electron chi connectivity index (χ1n) is 6.97. The van der Waals surface area contributed by atoms with Gasteiger partial charge in [0, 0.05) is 19.2 Å². The van der Waals surface area contributed by atoms with Gasteiger partial charge in [-0.05, 0) is 26.0 Å². The Labute approximate surface area is 129 Å². The molecule has 0 spiro atoms. The van der Waals surface area contributed by atoms with Gasteiger partial charge in [-0.1, -0.05) is 19.1 Å². The molecule has 6 nitrogen and oxygen atoms in total. The van der Waals surface area contributed by atoms with Gasteiger partial charge in [-0.3, -0.25) is 14.4 Å². The van der Waals surface area contributed by atoms with Crippen molar-refractivity contribution in [2.45, 2.75) is 26.9 Å². The zero-order valence-electron chi connectivity index (χ0n) is 13.2. The molecule has 1 rings (SSSR count). The van der Waals surface area contributed by atoms with Crippen LogP contribution in [0.15, 0.2) is 24.3 Å². The Kier molecular flexibility index (Phi) is 6.10. The van der Waals surface area contributed by atoms with E-state index in [0.29, 0.717) is 11.3 Å². The number of hydrogen-bond donors (Lipinski definition) is 1. The lowest BCUT2D eigenvalue weighted by Crippen LogP contribution is -2.41. The van der Waals surface area contributed by atoms with E-state index in [-0.39, 0.29) is 18.2 Å². The van der Waals surface area contributed by atoms with E-state index in [1.807, 2.05) is 0 Å². The van der Waals surface area contributed by atoms with Crippen LogP contribution in [0, 0.1) is 5.92 Å². The third kappa shape index (κ3) is 4.87. The van der Waals surface area contributed by atoms with Crippen LogP contribution in [0.25, 0.3) is 0 Å². The van der Waals surface area contributed by atoms with Crippen LogP contribution in [0.1, 0.15) is 31.1 Å². The Balaban J connectivity index is 2.69. The Morgan fingerprint density at radius 2 is 1.91 bits per heavy atom. The smallest absolute Gasteiger partial charge is 0.308 e. The predicted molar refractivity (Wildman–Crippen MR) is 81.0 cm³/mol. The van der Waals surface area contributed by atoms with E-state index in [1.165, 1.54) is 25.8 Å². The fourth-order valence-electron chi connectivity index (χ4n) is 1.93. The minimum atomic E-state index is -0.956. The number of aliphatic carboxylic acids is 1. The number of hydrogen-bond acceptors (Lipinski definition) is 4. The summed E-state index contributed by atoms with van der Waals surface area (Å²) in [7, 11) is 1.54. The van der Waals surface area contributed by atoms with Crippen LogP contribution in [-0.2, 0) is 9.59 Å². The number of rotatable bonds is 7. The minimum Gasteiger partial charge on any atom is -0.481 e. The summed E-state index contributed by atoms with van der Waals surface area (Å²) in [5.74, 6) is -1.59. The zero-order chi connectivity index (χ0) is 16.9. The normalized spacial score (nSPS) is 13.1. The van der Waals surface area contributed by atoms with Crippen molar-refractivity contribution in [2.75, 3.05) is 13.6 Å². The molecule has 0 bridgehead atoms. The first-order valence-corrected chi connectivity index (χ1v) is 6.97. The average Bonchev–Trinajstić information content (AvgIpc) is 2.46. The maximum atomic E-state index is 12.2. The third-order valence-corrected chi connectivity index (χ3v) is 3.25. The van der Waals surface area contributed by atoms with E-state index in [4.69, 9.17) is 9.84 Å². The van der Waals surface area contributed by atoms with E-state index < -0.39 is 18.0 Å². The molecule has 2 atom stereocenters. The summed E-state index contributed by atoms with van der Waals surface area (Å²) < 4.78 is 5.54.